The van der Waals surface area contributed by atoms with Crippen LogP contribution in [-0.2, 0) is 5.41 Å². The predicted molar refractivity (Wildman–Crippen MR) is 67.5 cm³/mol. The van der Waals surface area contributed by atoms with Crippen molar-refractivity contribution in [2.75, 3.05) is 25.6 Å². The molecule has 0 aromatic carbocycles. The maximum Gasteiger partial charge on any atom is 0.218 e. The third kappa shape index (κ3) is 4.19. The van der Waals surface area contributed by atoms with Crippen molar-refractivity contribution in [1.29, 1.82) is 0 Å². The fourth-order valence-corrected chi connectivity index (χ4v) is 1.20. The van der Waals surface area contributed by atoms with Gasteiger partial charge in [0.1, 0.15) is 11.6 Å². The molecule has 0 saturated heterocycles. The van der Waals surface area contributed by atoms with E-state index >= 15 is 0 Å². The Morgan fingerprint density at radius 1 is 1.35 bits per heavy atom. The number of aliphatic hydroxyl groups excluding tert-OH is 1. The highest BCUT2D eigenvalue weighted by Gasteiger charge is 2.19. The van der Waals surface area contributed by atoms with Crippen molar-refractivity contribution >= 4 is 5.82 Å². The lowest BCUT2D eigenvalue weighted by Crippen LogP contribution is -2.17. The van der Waals surface area contributed by atoms with E-state index in [1.807, 2.05) is 7.05 Å². The summed E-state index contributed by atoms with van der Waals surface area (Å²) in [6.45, 7) is 6.74. The number of nitrogens with zero attached hydrogens (tertiary/aromatic N) is 2. The van der Waals surface area contributed by atoms with Gasteiger partial charge in [-0.3, -0.25) is 0 Å². The van der Waals surface area contributed by atoms with E-state index in [4.69, 9.17) is 9.84 Å². The highest BCUT2D eigenvalue weighted by Crippen LogP contribution is 2.23. The third-order valence-electron chi connectivity index (χ3n) is 2.18. The van der Waals surface area contributed by atoms with Gasteiger partial charge in [-0.2, -0.15) is 4.98 Å². The first kappa shape index (κ1) is 13.7. The standard InChI is InChI=1S/C12H21N3O2/c1-12(2,3)11-14-9(13-4)8-10(15-11)17-7-5-6-16/h8,16H,5-7H2,1-4H3,(H,13,14,15). The lowest BCUT2D eigenvalue weighted by molar-refractivity contribution is 0.228. The van der Waals surface area contributed by atoms with Crippen LogP contribution in [0.2, 0.25) is 0 Å². The van der Waals surface area contributed by atoms with Crippen molar-refractivity contribution in [3.8, 4) is 5.88 Å². The molecule has 1 aromatic heterocycles. The number of ether oxygens (including phenoxy) is 1. The number of nitrogens with one attached hydrogen (secondary N) is 1. The van der Waals surface area contributed by atoms with Gasteiger partial charge < -0.3 is 15.2 Å². The zero-order valence-electron chi connectivity index (χ0n) is 10.9. The Bertz CT molecular complexity index is 361. The van der Waals surface area contributed by atoms with Gasteiger partial charge in [-0.05, 0) is 0 Å². The second kappa shape index (κ2) is 5.82. The molecule has 0 aliphatic carbocycles. The first-order chi connectivity index (χ1) is 7.97. The van der Waals surface area contributed by atoms with E-state index in [0.717, 1.165) is 11.6 Å². The molecule has 0 unspecified atom stereocenters. The van der Waals surface area contributed by atoms with Gasteiger partial charge >= 0.3 is 0 Å². The van der Waals surface area contributed by atoms with Gasteiger partial charge in [0.2, 0.25) is 5.88 Å². The molecular formula is C12H21N3O2. The van der Waals surface area contributed by atoms with Crippen LogP contribution in [0.5, 0.6) is 5.88 Å². The maximum absolute atomic E-state index is 8.70. The van der Waals surface area contributed by atoms with Gasteiger partial charge in [-0.15, -0.1) is 0 Å². The maximum atomic E-state index is 8.70. The Labute approximate surface area is 102 Å². The highest BCUT2D eigenvalue weighted by atomic mass is 16.5. The van der Waals surface area contributed by atoms with E-state index in [9.17, 15) is 0 Å². The minimum Gasteiger partial charge on any atom is -0.477 e. The van der Waals surface area contributed by atoms with Crippen molar-refractivity contribution in [2.24, 2.45) is 0 Å². The molecular weight excluding hydrogens is 218 g/mol. The Morgan fingerprint density at radius 2 is 2.06 bits per heavy atom. The van der Waals surface area contributed by atoms with Gasteiger partial charge in [0.25, 0.3) is 0 Å². The zero-order chi connectivity index (χ0) is 12.9. The van der Waals surface area contributed by atoms with Gasteiger partial charge in [0.05, 0.1) is 6.61 Å². The molecule has 0 amide bonds. The number of hydrogen-bond donors (Lipinski definition) is 2. The molecule has 5 heteroatoms. The summed E-state index contributed by atoms with van der Waals surface area (Å²) in [5, 5.41) is 11.7. The van der Waals surface area contributed by atoms with E-state index in [1.165, 1.54) is 0 Å². The lowest BCUT2D eigenvalue weighted by atomic mass is 9.96. The molecule has 0 fully saturated rings. The number of aliphatic hydroxyl groups is 1. The molecule has 1 rings (SSSR count). The van der Waals surface area contributed by atoms with E-state index in [2.05, 4.69) is 36.1 Å². The molecule has 96 valence electrons. The first-order valence-electron chi connectivity index (χ1n) is 5.78. The summed E-state index contributed by atoms with van der Waals surface area (Å²) in [6, 6.07) is 1.76. The van der Waals surface area contributed by atoms with Crippen LogP contribution in [0.3, 0.4) is 0 Å². The molecule has 0 spiro atoms. The van der Waals surface area contributed by atoms with Crippen LogP contribution in [0.25, 0.3) is 0 Å². The average molecular weight is 239 g/mol. The second-order valence-corrected chi connectivity index (χ2v) is 4.84. The minimum atomic E-state index is -0.123. The van der Waals surface area contributed by atoms with Crippen LogP contribution in [0.15, 0.2) is 6.07 Å². The van der Waals surface area contributed by atoms with E-state index < -0.39 is 0 Å². The molecule has 0 bridgehead atoms. The van der Waals surface area contributed by atoms with Crippen molar-refractivity contribution in [1.82, 2.24) is 9.97 Å². The summed E-state index contributed by atoms with van der Waals surface area (Å²) in [5.41, 5.74) is -0.123. The van der Waals surface area contributed by atoms with Gasteiger partial charge in [-0.1, -0.05) is 20.8 Å². The molecule has 0 saturated carbocycles. The smallest absolute Gasteiger partial charge is 0.218 e. The number of anilines is 1. The molecule has 0 radical (unpaired) electrons. The normalized spacial score (nSPS) is 11.4. The average Bonchev–Trinajstić information content (AvgIpc) is 2.28. The molecule has 1 heterocycles. The van der Waals surface area contributed by atoms with Crippen LogP contribution in [0.4, 0.5) is 5.82 Å². The van der Waals surface area contributed by atoms with Crippen LogP contribution >= 0.6 is 0 Å². The summed E-state index contributed by atoms with van der Waals surface area (Å²) in [5.74, 6) is 2.02. The lowest BCUT2D eigenvalue weighted by Gasteiger charge is -2.18. The van der Waals surface area contributed by atoms with Crippen LogP contribution in [-0.4, -0.2) is 35.3 Å². The number of hydrogen-bond acceptors (Lipinski definition) is 5. The Morgan fingerprint density at radius 3 is 2.59 bits per heavy atom. The molecule has 1 aromatic rings. The summed E-state index contributed by atoms with van der Waals surface area (Å²) < 4.78 is 5.47. The fourth-order valence-electron chi connectivity index (χ4n) is 1.20. The third-order valence-corrected chi connectivity index (χ3v) is 2.18. The largest absolute Gasteiger partial charge is 0.477 e. The van der Waals surface area contributed by atoms with Gasteiger partial charge in [-0.25, -0.2) is 4.98 Å². The van der Waals surface area contributed by atoms with Crippen molar-refractivity contribution < 1.29 is 9.84 Å². The number of rotatable bonds is 5. The first-order valence-corrected chi connectivity index (χ1v) is 5.78. The van der Waals surface area contributed by atoms with E-state index in [1.54, 1.807) is 6.07 Å². The summed E-state index contributed by atoms with van der Waals surface area (Å²) in [7, 11) is 1.81. The van der Waals surface area contributed by atoms with E-state index in [-0.39, 0.29) is 12.0 Å². The SMILES string of the molecule is CNc1cc(OCCCO)nc(C(C)(C)C)n1. The molecule has 2 N–H and O–H groups in total. The van der Waals surface area contributed by atoms with Gasteiger partial charge in [0, 0.05) is 31.6 Å². The van der Waals surface area contributed by atoms with Gasteiger partial charge in [0.15, 0.2) is 0 Å². The number of aromatic nitrogens is 2. The molecule has 0 aliphatic heterocycles. The summed E-state index contributed by atoms with van der Waals surface area (Å²) in [4.78, 5) is 8.77. The Balaban J connectivity index is 2.89. The topological polar surface area (TPSA) is 67.3 Å². The van der Waals surface area contributed by atoms with Crippen LogP contribution in [0.1, 0.15) is 33.0 Å². The van der Waals surface area contributed by atoms with Crippen molar-refractivity contribution in [3.63, 3.8) is 0 Å². The zero-order valence-corrected chi connectivity index (χ0v) is 10.9. The molecule has 17 heavy (non-hydrogen) atoms. The second-order valence-electron chi connectivity index (χ2n) is 4.84. The molecule has 0 atom stereocenters. The van der Waals surface area contributed by atoms with Crippen molar-refractivity contribution in [2.45, 2.75) is 32.6 Å². The predicted octanol–water partition coefficient (Wildman–Crippen LogP) is 1.58. The van der Waals surface area contributed by atoms with E-state index in [0.29, 0.717) is 18.9 Å². The summed E-state index contributed by atoms with van der Waals surface area (Å²) >= 11 is 0. The fraction of sp³-hybridized carbons (Fsp3) is 0.667. The highest BCUT2D eigenvalue weighted by molar-refractivity contribution is 5.38. The minimum absolute atomic E-state index is 0.121. The summed E-state index contributed by atoms with van der Waals surface area (Å²) in [6.07, 6.45) is 0.601. The monoisotopic (exact) mass is 239 g/mol. The molecule has 0 aliphatic rings. The van der Waals surface area contributed by atoms with Crippen molar-refractivity contribution in [3.05, 3.63) is 11.9 Å². The quantitative estimate of drug-likeness (QED) is 0.764. The van der Waals surface area contributed by atoms with Crippen LogP contribution < -0.4 is 10.1 Å². The molecule has 5 nitrogen and oxygen atoms in total. The Kier molecular flexibility index (Phi) is 4.69. The Hall–Kier alpha value is -1.36. The van der Waals surface area contributed by atoms with Crippen LogP contribution in [0, 0.1) is 0 Å².